The highest BCUT2D eigenvalue weighted by atomic mass is 16.3. The van der Waals surface area contributed by atoms with E-state index in [0.29, 0.717) is 18.0 Å². The van der Waals surface area contributed by atoms with Crippen LogP contribution in [0.2, 0.25) is 0 Å². The maximum atomic E-state index is 11.4. The fraction of sp³-hybridized carbons (Fsp3) is 0.533. The van der Waals surface area contributed by atoms with Crippen molar-refractivity contribution in [2.45, 2.75) is 39.2 Å². The average molecular weight is 277 g/mol. The number of benzene rings is 1. The van der Waals surface area contributed by atoms with Crippen LogP contribution in [0, 0.1) is 5.92 Å². The lowest BCUT2D eigenvalue weighted by molar-refractivity contribution is -0.116. The minimum atomic E-state index is -0.00599. The number of hydrogen-bond donors (Lipinski definition) is 4. The smallest absolute Gasteiger partial charge is 0.224 e. The number of nitrogens with one attached hydrogen (secondary N) is 2. The highest BCUT2D eigenvalue weighted by Gasteiger charge is 2.18. The van der Waals surface area contributed by atoms with Gasteiger partial charge < -0.3 is 21.5 Å². The molecule has 0 bridgehead atoms. The Morgan fingerprint density at radius 2 is 2.15 bits per heavy atom. The van der Waals surface area contributed by atoms with Gasteiger partial charge >= 0.3 is 0 Å². The number of aliphatic hydroxyl groups is 1. The van der Waals surface area contributed by atoms with Gasteiger partial charge in [-0.3, -0.25) is 4.79 Å². The second kappa shape index (κ2) is 6.13. The third-order valence-corrected chi connectivity index (χ3v) is 3.51. The van der Waals surface area contributed by atoms with E-state index in [9.17, 15) is 9.90 Å². The molecule has 110 valence electrons. The quantitative estimate of drug-likeness (QED) is 0.620. The predicted octanol–water partition coefficient (Wildman–Crippen LogP) is 1.97. The van der Waals surface area contributed by atoms with Crippen molar-refractivity contribution in [1.82, 2.24) is 0 Å². The van der Waals surface area contributed by atoms with E-state index in [1.54, 1.807) is 6.07 Å². The molecule has 0 saturated carbocycles. The van der Waals surface area contributed by atoms with Crippen molar-refractivity contribution < 1.29 is 9.90 Å². The van der Waals surface area contributed by atoms with Crippen molar-refractivity contribution in [3.05, 3.63) is 17.7 Å². The van der Waals surface area contributed by atoms with Gasteiger partial charge in [0.1, 0.15) is 0 Å². The summed E-state index contributed by atoms with van der Waals surface area (Å²) in [4.78, 5) is 11.4. The summed E-state index contributed by atoms with van der Waals surface area (Å²) in [6.45, 7) is 4.32. The molecule has 0 aliphatic carbocycles. The molecular weight excluding hydrogens is 254 g/mol. The molecule has 0 fully saturated rings. The van der Waals surface area contributed by atoms with Gasteiger partial charge in [0.25, 0.3) is 0 Å². The molecule has 0 aromatic heterocycles. The summed E-state index contributed by atoms with van der Waals surface area (Å²) < 4.78 is 0. The van der Waals surface area contributed by atoms with Crippen LogP contribution in [0.4, 0.5) is 17.1 Å². The van der Waals surface area contributed by atoms with Gasteiger partial charge in [0.15, 0.2) is 0 Å². The van der Waals surface area contributed by atoms with Crippen LogP contribution in [0.3, 0.4) is 0 Å². The number of nitrogen functional groups attached to an aromatic ring is 1. The van der Waals surface area contributed by atoms with Crippen molar-refractivity contribution in [3.8, 4) is 0 Å². The van der Waals surface area contributed by atoms with Gasteiger partial charge in [-0.05, 0) is 36.5 Å². The molecular formula is C15H23N3O2. The molecule has 1 amide bonds. The van der Waals surface area contributed by atoms with Gasteiger partial charge in [-0.2, -0.15) is 0 Å². The molecule has 0 spiro atoms. The fourth-order valence-corrected chi connectivity index (χ4v) is 2.54. The van der Waals surface area contributed by atoms with E-state index >= 15 is 0 Å². The third kappa shape index (κ3) is 3.42. The number of carbonyl (C=O) groups excluding carboxylic acids is 1. The second-order valence-electron chi connectivity index (χ2n) is 5.80. The van der Waals surface area contributed by atoms with Crippen molar-refractivity contribution >= 4 is 23.0 Å². The van der Waals surface area contributed by atoms with Gasteiger partial charge in [0.05, 0.1) is 18.0 Å². The number of amides is 1. The molecule has 5 nitrogen and oxygen atoms in total. The number of aryl methyl sites for hydroxylation is 1. The van der Waals surface area contributed by atoms with E-state index in [1.165, 1.54) is 0 Å². The van der Waals surface area contributed by atoms with Gasteiger partial charge in [-0.15, -0.1) is 0 Å². The summed E-state index contributed by atoms with van der Waals surface area (Å²) in [6, 6.07) is 3.76. The Bertz CT molecular complexity index is 500. The van der Waals surface area contributed by atoms with Crippen molar-refractivity contribution in [3.63, 3.8) is 0 Å². The number of anilines is 3. The Hall–Kier alpha value is -1.75. The van der Waals surface area contributed by atoms with Crippen LogP contribution in [-0.2, 0) is 11.2 Å². The summed E-state index contributed by atoms with van der Waals surface area (Å²) in [6.07, 6.45) is 2.11. The van der Waals surface area contributed by atoms with Crippen LogP contribution in [-0.4, -0.2) is 23.7 Å². The maximum absolute atomic E-state index is 11.4. The zero-order valence-electron chi connectivity index (χ0n) is 12.1. The molecule has 20 heavy (non-hydrogen) atoms. The van der Waals surface area contributed by atoms with Crippen LogP contribution in [0.5, 0.6) is 0 Å². The first kappa shape index (κ1) is 14.7. The first-order valence-electron chi connectivity index (χ1n) is 7.09. The van der Waals surface area contributed by atoms with Gasteiger partial charge in [-0.1, -0.05) is 13.8 Å². The lowest BCUT2D eigenvalue weighted by Gasteiger charge is -2.23. The number of hydrogen-bond acceptors (Lipinski definition) is 4. The van der Waals surface area contributed by atoms with E-state index in [-0.39, 0.29) is 18.6 Å². The fourth-order valence-electron chi connectivity index (χ4n) is 2.54. The minimum Gasteiger partial charge on any atom is -0.397 e. The average Bonchev–Trinajstić information content (AvgIpc) is 2.38. The number of aliphatic hydroxyl groups excluding tert-OH is 1. The number of nitrogens with two attached hydrogens (primary N) is 1. The monoisotopic (exact) mass is 277 g/mol. The zero-order valence-corrected chi connectivity index (χ0v) is 12.1. The molecule has 1 aromatic carbocycles. The molecule has 1 aliphatic rings. The van der Waals surface area contributed by atoms with Crippen LogP contribution in [0.15, 0.2) is 12.1 Å². The summed E-state index contributed by atoms with van der Waals surface area (Å²) in [5.41, 5.74) is 9.34. The Balaban J connectivity index is 2.18. The molecule has 5 heteroatoms. The zero-order chi connectivity index (χ0) is 14.7. The summed E-state index contributed by atoms with van der Waals surface area (Å²) in [7, 11) is 0. The van der Waals surface area contributed by atoms with E-state index in [1.807, 2.05) is 6.07 Å². The minimum absolute atomic E-state index is 0.00599. The van der Waals surface area contributed by atoms with Gasteiger partial charge in [-0.25, -0.2) is 0 Å². The maximum Gasteiger partial charge on any atom is 0.224 e. The van der Waals surface area contributed by atoms with Crippen LogP contribution >= 0.6 is 0 Å². The van der Waals surface area contributed by atoms with E-state index in [0.717, 1.165) is 29.8 Å². The molecule has 1 atom stereocenters. The topological polar surface area (TPSA) is 87.4 Å². The highest BCUT2D eigenvalue weighted by Crippen LogP contribution is 2.31. The molecule has 2 rings (SSSR count). The Morgan fingerprint density at radius 3 is 2.80 bits per heavy atom. The Kier molecular flexibility index (Phi) is 4.49. The van der Waals surface area contributed by atoms with Crippen molar-refractivity contribution in [2.24, 2.45) is 5.92 Å². The van der Waals surface area contributed by atoms with Crippen LogP contribution in [0.25, 0.3) is 0 Å². The first-order chi connectivity index (χ1) is 9.49. The molecule has 5 N–H and O–H groups in total. The summed E-state index contributed by atoms with van der Waals surface area (Å²) >= 11 is 0. The third-order valence-electron chi connectivity index (χ3n) is 3.51. The Morgan fingerprint density at radius 1 is 1.40 bits per heavy atom. The normalized spacial score (nSPS) is 15.7. The first-order valence-corrected chi connectivity index (χ1v) is 7.09. The van der Waals surface area contributed by atoms with Crippen LogP contribution < -0.4 is 16.4 Å². The Labute approximate surface area is 119 Å². The van der Waals surface area contributed by atoms with E-state index < -0.39 is 0 Å². The molecule has 0 radical (unpaired) electrons. The van der Waals surface area contributed by atoms with E-state index in [2.05, 4.69) is 24.5 Å². The standard InChI is InChI=1S/C15H23N3O2/c1-9(2)5-11(8-19)17-14-6-10-3-4-15(20)18-13(10)7-12(14)16/h6-7,9,11,17,19H,3-5,8,16H2,1-2H3,(H,18,20). The molecule has 1 aliphatic heterocycles. The number of rotatable bonds is 5. The molecule has 0 saturated heterocycles. The second-order valence-corrected chi connectivity index (χ2v) is 5.80. The lowest BCUT2D eigenvalue weighted by Crippen LogP contribution is -2.26. The summed E-state index contributed by atoms with van der Waals surface area (Å²) in [5, 5.41) is 15.6. The number of carbonyl (C=O) groups is 1. The molecule has 1 unspecified atom stereocenters. The number of fused-ring (bicyclic) bond motifs is 1. The highest BCUT2D eigenvalue weighted by molar-refractivity contribution is 5.95. The molecule has 1 aromatic rings. The van der Waals surface area contributed by atoms with Crippen molar-refractivity contribution in [2.75, 3.05) is 23.0 Å². The summed E-state index contributed by atoms with van der Waals surface area (Å²) in [5.74, 6) is 0.531. The lowest BCUT2D eigenvalue weighted by atomic mass is 10.00. The predicted molar refractivity (Wildman–Crippen MR) is 81.8 cm³/mol. The van der Waals surface area contributed by atoms with Crippen molar-refractivity contribution in [1.29, 1.82) is 0 Å². The molecule has 1 heterocycles. The van der Waals surface area contributed by atoms with Gasteiger partial charge in [0.2, 0.25) is 5.91 Å². The largest absolute Gasteiger partial charge is 0.397 e. The van der Waals surface area contributed by atoms with E-state index in [4.69, 9.17) is 5.73 Å². The SMILES string of the molecule is CC(C)CC(CO)Nc1cc2c(cc1N)NC(=O)CC2. The van der Waals surface area contributed by atoms with Crippen LogP contribution in [0.1, 0.15) is 32.3 Å². The van der Waals surface area contributed by atoms with Gasteiger partial charge in [0, 0.05) is 18.2 Å².